The molecule has 8 heteroatoms. The van der Waals surface area contributed by atoms with Crippen LogP contribution in [0.25, 0.3) is 6.08 Å². The summed E-state index contributed by atoms with van der Waals surface area (Å²) in [6.45, 7) is -5.19. The summed E-state index contributed by atoms with van der Waals surface area (Å²) in [6, 6.07) is 1.63. The van der Waals surface area contributed by atoms with Gasteiger partial charge in [0.2, 0.25) is 5.82 Å². The Kier molecular flexibility index (Phi) is 6.20. The molecule has 0 aliphatic heterocycles. The molecule has 0 aliphatic rings. The van der Waals surface area contributed by atoms with Gasteiger partial charge in [0.1, 0.15) is 0 Å². The van der Waals surface area contributed by atoms with E-state index in [1.54, 1.807) is 0 Å². The Hall–Kier alpha value is 0.111. The Morgan fingerprint density at radius 3 is 2.12 bits per heavy atom. The molecule has 82 valence electrons. The van der Waals surface area contributed by atoms with Crippen molar-refractivity contribution in [3.05, 3.63) is 35.3 Å². The van der Waals surface area contributed by atoms with Gasteiger partial charge in [-0.15, -0.1) is 5.98 Å². The molecule has 0 spiro atoms. The number of benzene rings is 1. The second-order valence-corrected chi connectivity index (χ2v) is 2.79. The largest absolute Gasteiger partial charge is 1.00 e. The standard InChI is InChI=1S/C8H5BF5O.K/c10-7-5(3-4-9(12,13)14)1-2-6(15)8(7)11;/h1-4,15H;/q-1;+1/b4-3+;. The van der Waals surface area contributed by atoms with Crippen molar-refractivity contribution in [1.29, 1.82) is 0 Å². The van der Waals surface area contributed by atoms with Crippen molar-refractivity contribution in [3.63, 3.8) is 0 Å². The van der Waals surface area contributed by atoms with Crippen LogP contribution in [-0.4, -0.2) is 12.1 Å². The van der Waals surface area contributed by atoms with E-state index in [1.165, 1.54) is 0 Å². The number of halogens is 5. The second kappa shape index (κ2) is 6.15. The molecule has 0 saturated carbocycles. The van der Waals surface area contributed by atoms with Crippen LogP contribution in [0.3, 0.4) is 0 Å². The molecule has 16 heavy (non-hydrogen) atoms. The molecule has 1 rings (SSSR count). The van der Waals surface area contributed by atoms with Crippen LogP contribution in [-0.2, 0) is 0 Å². The van der Waals surface area contributed by atoms with Crippen molar-refractivity contribution in [1.82, 2.24) is 0 Å². The quantitative estimate of drug-likeness (QED) is 0.591. The van der Waals surface area contributed by atoms with Gasteiger partial charge in [0.05, 0.1) is 0 Å². The van der Waals surface area contributed by atoms with Crippen LogP contribution in [0.1, 0.15) is 5.56 Å². The Balaban J connectivity index is 0.00000225. The fourth-order valence-corrected chi connectivity index (χ4v) is 0.896. The number of hydrogen-bond acceptors (Lipinski definition) is 1. The molecule has 0 radical (unpaired) electrons. The molecule has 0 unspecified atom stereocenters. The number of phenols is 1. The molecule has 1 aromatic carbocycles. The first-order valence-corrected chi connectivity index (χ1v) is 3.87. The second-order valence-electron chi connectivity index (χ2n) is 2.79. The van der Waals surface area contributed by atoms with Crippen molar-refractivity contribution in [2.75, 3.05) is 0 Å². The molecular weight excluding hydrogens is 257 g/mol. The Morgan fingerprint density at radius 1 is 1.06 bits per heavy atom. The zero-order valence-electron chi connectivity index (χ0n) is 8.22. The molecule has 0 saturated heterocycles. The van der Waals surface area contributed by atoms with Crippen LogP contribution in [0.4, 0.5) is 21.7 Å². The van der Waals surface area contributed by atoms with Gasteiger partial charge in [0.25, 0.3) is 0 Å². The van der Waals surface area contributed by atoms with Crippen LogP contribution in [0, 0.1) is 11.6 Å². The predicted molar refractivity (Wildman–Crippen MR) is 46.1 cm³/mol. The van der Waals surface area contributed by atoms with Crippen LogP contribution in [0.5, 0.6) is 5.75 Å². The molecule has 0 atom stereocenters. The SMILES string of the molecule is Oc1ccc(/C=C/[B-](F)(F)F)c(F)c1F.[K+]. The molecule has 1 aromatic rings. The fraction of sp³-hybridized carbons (Fsp3) is 0. The van der Waals surface area contributed by atoms with Gasteiger partial charge in [0.15, 0.2) is 11.6 Å². The molecule has 0 fully saturated rings. The minimum atomic E-state index is -5.19. The van der Waals surface area contributed by atoms with Gasteiger partial charge >= 0.3 is 58.4 Å². The zero-order valence-corrected chi connectivity index (χ0v) is 11.3. The summed E-state index contributed by atoms with van der Waals surface area (Å²) in [5.41, 5.74) is -0.565. The molecule has 0 heterocycles. The Morgan fingerprint density at radius 2 is 1.62 bits per heavy atom. The number of hydrogen-bond donors (Lipinski definition) is 1. The normalized spacial score (nSPS) is 11.6. The summed E-state index contributed by atoms with van der Waals surface area (Å²) < 4.78 is 60.9. The monoisotopic (exact) mass is 262 g/mol. The van der Waals surface area contributed by atoms with Crippen LogP contribution in [0.2, 0.25) is 0 Å². The van der Waals surface area contributed by atoms with E-state index in [0.717, 1.165) is 12.1 Å². The maximum Gasteiger partial charge on any atom is 1.00 e. The van der Waals surface area contributed by atoms with Gasteiger partial charge in [-0.05, 0) is 12.1 Å². The maximum atomic E-state index is 12.9. The molecule has 0 aliphatic carbocycles. The first-order chi connectivity index (χ1) is 6.81. The van der Waals surface area contributed by atoms with Gasteiger partial charge in [-0.1, -0.05) is 6.08 Å². The first-order valence-electron chi connectivity index (χ1n) is 3.87. The predicted octanol–water partition coefficient (Wildman–Crippen LogP) is 0.0742. The molecule has 0 bridgehead atoms. The van der Waals surface area contributed by atoms with E-state index in [-0.39, 0.29) is 57.4 Å². The molecule has 0 aromatic heterocycles. The van der Waals surface area contributed by atoms with Gasteiger partial charge in [0, 0.05) is 5.56 Å². The number of rotatable bonds is 2. The fourth-order valence-electron chi connectivity index (χ4n) is 0.896. The average Bonchev–Trinajstić information content (AvgIpc) is 2.12. The van der Waals surface area contributed by atoms with E-state index in [2.05, 4.69) is 0 Å². The molecule has 1 N–H and O–H groups in total. The van der Waals surface area contributed by atoms with Gasteiger partial charge in [-0.3, -0.25) is 0 Å². The third-order valence-corrected chi connectivity index (χ3v) is 1.59. The van der Waals surface area contributed by atoms with E-state index >= 15 is 0 Å². The van der Waals surface area contributed by atoms with Crippen LogP contribution < -0.4 is 51.4 Å². The van der Waals surface area contributed by atoms with Crippen molar-refractivity contribution in [2.45, 2.75) is 0 Å². The summed E-state index contributed by atoms with van der Waals surface area (Å²) in [5.74, 6) is -4.17. The van der Waals surface area contributed by atoms with Crippen molar-refractivity contribution in [2.24, 2.45) is 0 Å². The zero-order chi connectivity index (χ0) is 11.6. The molecular formula is C8H5BF5KO. The van der Waals surface area contributed by atoms with Crippen LogP contribution in [0.15, 0.2) is 18.1 Å². The van der Waals surface area contributed by atoms with E-state index in [0.29, 0.717) is 6.08 Å². The van der Waals surface area contributed by atoms with E-state index in [9.17, 15) is 21.7 Å². The Bertz CT molecular complexity index is 404. The topological polar surface area (TPSA) is 20.2 Å². The summed E-state index contributed by atoms with van der Waals surface area (Å²) in [6.07, 6.45) is 0.415. The maximum absolute atomic E-state index is 12.9. The van der Waals surface area contributed by atoms with Gasteiger partial charge in [-0.2, -0.15) is 4.39 Å². The van der Waals surface area contributed by atoms with Crippen molar-refractivity contribution in [3.8, 4) is 5.75 Å². The van der Waals surface area contributed by atoms with Gasteiger partial charge < -0.3 is 18.1 Å². The average molecular weight is 262 g/mol. The third-order valence-electron chi connectivity index (χ3n) is 1.59. The summed E-state index contributed by atoms with van der Waals surface area (Å²) >= 11 is 0. The number of phenolic OH excluding ortho intramolecular Hbond substituents is 1. The van der Waals surface area contributed by atoms with E-state index < -0.39 is 29.9 Å². The van der Waals surface area contributed by atoms with E-state index in [4.69, 9.17) is 5.11 Å². The third kappa shape index (κ3) is 4.54. The van der Waals surface area contributed by atoms with E-state index in [1.807, 2.05) is 0 Å². The number of aromatic hydroxyl groups is 1. The minimum Gasteiger partial charge on any atom is -0.505 e. The minimum absolute atomic E-state index is 0. The summed E-state index contributed by atoms with van der Waals surface area (Å²) in [5, 5.41) is 8.70. The van der Waals surface area contributed by atoms with Crippen molar-refractivity contribution < 1.29 is 78.2 Å². The molecule has 1 nitrogen and oxygen atoms in total. The van der Waals surface area contributed by atoms with Crippen LogP contribution >= 0.6 is 0 Å². The smallest absolute Gasteiger partial charge is 0.505 e. The summed E-state index contributed by atoms with van der Waals surface area (Å²) in [4.78, 5) is 0. The first kappa shape index (κ1) is 16.1. The van der Waals surface area contributed by atoms with Gasteiger partial charge in [-0.25, -0.2) is 4.39 Å². The Labute approximate surface area is 131 Å². The summed E-state index contributed by atoms with van der Waals surface area (Å²) in [7, 11) is 0. The molecule has 0 amide bonds. The van der Waals surface area contributed by atoms with Crippen molar-refractivity contribution >= 4 is 13.1 Å².